The maximum Gasteiger partial charge on any atom is 0.328 e. The summed E-state index contributed by atoms with van der Waals surface area (Å²) in [6.45, 7) is 1.54. The molecule has 0 aromatic heterocycles. The number of amides is 4. The van der Waals surface area contributed by atoms with Crippen LogP contribution >= 0.6 is 0 Å². The predicted molar refractivity (Wildman–Crippen MR) is 86.9 cm³/mol. The van der Waals surface area contributed by atoms with E-state index in [1.807, 2.05) is 12.1 Å². The number of hydrogen-bond donors (Lipinski definition) is 0. The average Bonchev–Trinajstić information content (AvgIpc) is 3.29. The summed E-state index contributed by atoms with van der Waals surface area (Å²) in [6, 6.07) is 7.78. The number of imide groups is 1. The molecule has 7 nitrogen and oxygen atoms in total. The summed E-state index contributed by atoms with van der Waals surface area (Å²) in [5.41, 5.74) is 1.50. The second kappa shape index (κ2) is 5.88. The quantitative estimate of drug-likeness (QED) is 0.772. The number of fused-ring (bicyclic) bond motifs is 1. The molecule has 1 aromatic rings. The third-order valence-corrected chi connectivity index (χ3v) is 5.26. The summed E-state index contributed by atoms with van der Waals surface area (Å²) in [5, 5.41) is 8.84. The third-order valence-electron chi connectivity index (χ3n) is 5.26. The van der Waals surface area contributed by atoms with Crippen LogP contribution in [0.25, 0.3) is 0 Å². The second-order valence-corrected chi connectivity index (χ2v) is 6.72. The van der Waals surface area contributed by atoms with Crippen LogP contribution in [0, 0.1) is 11.3 Å². The molecule has 3 aliphatic rings. The van der Waals surface area contributed by atoms with Gasteiger partial charge in [-0.25, -0.2) is 9.69 Å². The summed E-state index contributed by atoms with van der Waals surface area (Å²) >= 11 is 0. The van der Waals surface area contributed by atoms with Crippen LogP contribution in [-0.4, -0.2) is 57.7 Å². The molecule has 3 heterocycles. The highest BCUT2D eigenvalue weighted by Crippen LogP contribution is 2.31. The van der Waals surface area contributed by atoms with Crippen LogP contribution in [0.1, 0.15) is 30.4 Å². The molecule has 2 atom stereocenters. The Morgan fingerprint density at radius 3 is 2.44 bits per heavy atom. The average molecular weight is 338 g/mol. The highest BCUT2D eigenvalue weighted by Gasteiger charge is 2.53. The lowest BCUT2D eigenvalue weighted by molar-refractivity contribution is -0.138. The predicted octanol–water partition coefficient (Wildman–Crippen LogP) is 1.09. The van der Waals surface area contributed by atoms with Gasteiger partial charge in [-0.05, 0) is 37.0 Å². The molecule has 4 rings (SSSR count). The Labute approximate surface area is 145 Å². The Morgan fingerprint density at radius 2 is 1.76 bits per heavy atom. The summed E-state index contributed by atoms with van der Waals surface area (Å²) in [6.07, 6.45) is 2.02. The first-order valence-corrected chi connectivity index (χ1v) is 8.51. The first-order chi connectivity index (χ1) is 12.1. The van der Waals surface area contributed by atoms with E-state index in [1.165, 1.54) is 4.90 Å². The molecule has 128 valence electrons. The van der Waals surface area contributed by atoms with Crippen molar-refractivity contribution in [3.8, 4) is 6.07 Å². The fourth-order valence-corrected chi connectivity index (χ4v) is 3.96. The van der Waals surface area contributed by atoms with Gasteiger partial charge in [0.1, 0.15) is 12.1 Å². The molecular weight excluding hydrogens is 320 g/mol. The summed E-state index contributed by atoms with van der Waals surface area (Å²) in [4.78, 5) is 42.2. The number of nitrogens with zero attached hydrogens (tertiary/aromatic N) is 4. The van der Waals surface area contributed by atoms with E-state index in [0.29, 0.717) is 38.0 Å². The van der Waals surface area contributed by atoms with Gasteiger partial charge in [0.2, 0.25) is 5.91 Å². The maximum atomic E-state index is 12.7. The van der Waals surface area contributed by atoms with E-state index < -0.39 is 6.04 Å². The van der Waals surface area contributed by atoms with Crippen molar-refractivity contribution in [2.45, 2.75) is 37.9 Å². The fraction of sp³-hybridized carbons (Fsp3) is 0.444. The van der Waals surface area contributed by atoms with Crippen molar-refractivity contribution in [2.75, 3.05) is 13.1 Å². The lowest BCUT2D eigenvalue weighted by atomic mass is 10.1. The molecule has 0 aliphatic carbocycles. The zero-order valence-electron chi connectivity index (χ0n) is 13.7. The van der Waals surface area contributed by atoms with Crippen LogP contribution < -0.4 is 0 Å². The van der Waals surface area contributed by atoms with Crippen molar-refractivity contribution in [1.82, 2.24) is 14.7 Å². The highest BCUT2D eigenvalue weighted by atomic mass is 16.2. The molecule has 25 heavy (non-hydrogen) atoms. The first-order valence-electron chi connectivity index (χ1n) is 8.51. The number of rotatable bonds is 3. The van der Waals surface area contributed by atoms with E-state index in [4.69, 9.17) is 5.26 Å². The van der Waals surface area contributed by atoms with Crippen LogP contribution in [-0.2, 0) is 16.1 Å². The molecule has 1 aromatic carbocycles. The Bertz CT molecular complexity index is 761. The third kappa shape index (κ3) is 2.45. The number of likely N-dealkylation sites (tertiary alicyclic amines) is 1. The van der Waals surface area contributed by atoms with Gasteiger partial charge in [-0.15, -0.1) is 0 Å². The van der Waals surface area contributed by atoms with Crippen LogP contribution in [0.15, 0.2) is 24.3 Å². The Morgan fingerprint density at radius 1 is 1.00 bits per heavy atom. The van der Waals surface area contributed by atoms with E-state index in [9.17, 15) is 14.4 Å². The minimum atomic E-state index is -0.677. The fourth-order valence-electron chi connectivity index (χ4n) is 3.96. The molecule has 3 fully saturated rings. The molecule has 7 heteroatoms. The van der Waals surface area contributed by atoms with Crippen molar-refractivity contribution < 1.29 is 14.4 Å². The zero-order valence-corrected chi connectivity index (χ0v) is 13.7. The van der Waals surface area contributed by atoms with Crippen molar-refractivity contribution in [2.24, 2.45) is 0 Å². The van der Waals surface area contributed by atoms with Gasteiger partial charge in [0, 0.05) is 19.6 Å². The SMILES string of the molecule is N#Cc1ccc(CN2CCC(N3C(=O)C4CCCN4C3=O)C2=O)cc1. The summed E-state index contributed by atoms with van der Waals surface area (Å²) in [7, 11) is 0. The van der Waals surface area contributed by atoms with Gasteiger partial charge in [-0.3, -0.25) is 9.59 Å². The van der Waals surface area contributed by atoms with Crippen LogP contribution in [0.5, 0.6) is 0 Å². The molecule has 0 saturated carbocycles. The molecular formula is C18H18N4O3. The number of nitriles is 1. The molecule has 0 spiro atoms. The molecule has 0 bridgehead atoms. The minimum Gasteiger partial charge on any atom is -0.336 e. The maximum absolute atomic E-state index is 12.7. The van der Waals surface area contributed by atoms with Gasteiger partial charge in [0.05, 0.1) is 11.6 Å². The van der Waals surface area contributed by atoms with Gasteiger partial charge in [-0.2, -0.15) is 5.26 Å². The van der Waals surface area contributed by atoms with Gasteiger partial charge in [0.25, 0.3) is 5.91 Å². The Hall–Kier alpha value is -2.88. The number of urea groups is 1. The number of hydrogen-bond acceptors (Lipinski definition) is 4. The van der Waals surface area contributed by atoms with Gasteiger partial charge in [-0.1, -0.05) is 12.1 Å². The summed E-state index contributed by atoms with van der Waals surface area (Å²) < 4.78 is 0. The van der Waals surface area contributed by atoms with Crippen LogP contribution in [0.3, 0.4) is 0 Å². The monoisotopic (exact) mass is 338 g/mol. The molecule has 4 amide bonds. The second-order valence-electron chi connectivity index (χ2n) is 6.72. The standard InChI is InChI=1S/C18H18N4O3/c19-10-12-3-5-13(6-4-12)11-20-9-7-15(16(20)23)22-17(24)14-2-1-8-21(14)18(22)25/h3-6,14-15H,1-2,7-9,11H2. The van der Waals surface area contributed by atoms with Gasteiger partial charge >= 0.3 is 6.03 Å². The van der Waals surface area contributed by atoms with Gasteiger partial charge in [0.15, 0.2) is 0 Å². The largest absolute Gasteiger partial charge is 0.336 e. The van der Waals surface area contributed by atoms with Crippen molar-refractivity contribution in [3.05, 3.63) is 35.4 Å². The topological polar surface area (TPSA) is 84.7 Å². The number of carbonyl (C=O) groups excluding carboxylic acids is 3. The smallest absolute Gasteiger partial charge is 0.328 e. The van der Waals surface area contributed by atoms with E-state index >= 15 is 0 Å². The van der Waals surface area contributed by atoms with E-state index in [-0.39, 0.29) is 23.9 Å². The van der Waals surface area contributed by atoms with Crippen LogP contribution in [0.2, 0.25) is 0 Å². The zero-order chi connectivity index (χ0) is 17.6. The molecule has 3 saturated heterocycles. The van der Waals surface area contributed by atoms with E-state index in [1.54, 1.807) is 21.9 Å². The van der Waals surface area contributed by atoms with Gasteiger partial charge < -0.3 is 9.80 Å². The first kappa shape index (κ1) is 15.6. The molecule has 0 N–H and O–H groups in total. The highest BCUT2D eigenvalue weighted by molar-refractivity contribution is 6.08. The minimum absolute atomic E-state index is 0.174. The van der Waals surface area contributed by atoms with Crippen molar-refractivity contribution >= 4 is 17.8 Å². The Kier molecular flexibility index (Phi) is 3.68. The van der Waals surface area contributed by atoms with Crippen molar-refractivity contribution in [1.29, 1.82) is 5.26 Å². The van der Waals surface area contributed by atoms with E-state index in [2.05, 4.69) is 6.07 Å². The molecule has 3 aliphatic heterocycles. The number of benzene rings is 1. The normalized spacial score (nSPS) is 25.7. The lowest BCUT2D eigenvalue weighted by Crippen LogP contribution is -2.46. The van der Waals surface area contributed by atoms with E-state index in [0.717, 1.165) is 12.0 Å². The van der Waals surface area contributed by atoms with Crippen molar-refractivity contribution in [3.63, 3.8) is 0 Å². The summed E-state index contributed by atoms with van der Waals surface area (Å²) in [5.74, 6) is -0.395. The molecule has 0 radical (unpaired) electrons. The van der Waals surface area contributed by atoms with Crippen LogP contribution in [0.4, 0.5) is 4.79 Å². The molecule has 2 unspecified atom stereocenters. The lowest BCUT2D eigenvalue weighted by Gasteiger charge is -2.22. The Balaban J connectivity index is 1.47. The number of carbonyl (C=O) groups is 3.